The maximum absolute atomic E-state index is 11.3. The zero-order valence-corrected chi connectivity index (χ0v) is 10.2. The van der Waals surface area contributed by atoms with Crippen molar-refractivity contribution in [2.75, 3.05) is 6.61 Å². The molecular formula is C11H13IO2. The van der Waals surface area contributed by atoms with Gasteiger partial charge in [-0.25, -0.2) is 0 Å². The van der Waals surface area contributed by atoms with E-state index in [-0.39, 0.29) is 9.89 Å². The van der Waals surface area contributed by atoms with E-state index in [4.69, 9.17) is 4.74 Å². The summed E-state index contributed by atoms with van der Waals surface area (Å²) in [5.74, 6) is -0.128. The van der Waals surface area contributed by atoms with Crippen molar-refractivity contribution >= 4 is 28.6 Å². The average Bonchev–Trinajstić information content (AvgIpc) is 2.19. The van der Waals surface area contributed by atoms with Gasteiger partial charge in [0.15, 0.2) is 0 Å². The zero-order chi connectivity index (χ0) is 10.4. The molecule has 1 aromatic rings. The van der Waals surface area contributed by atoms with Crippen LogP contribution in [0.15, 0.2) is 30.3 Å². The Hall–Kier alpha value is -0.580. The van der Waals surface area contributed by atoms with Crippen LogP contribution in [0.5, 0.6) is 0 Å². The first kappa shape index (κ1) is 11.5. The van der Waals surface area contributed by atoms with Crippen molar-refractivity contribution in [3.63, 3.8) is 0 Å². The lowest BCUT2D eigenvalue weighted by Crippen LogP contribution is -2.19. The molecule has 0 fully saturated rings. The van der Waals surface area contributed by atoms with Gasteiger partial charge < -0.3 is 4.74 Å². The van der Waals surface area contributed by atoms with Gasteiger partial charge >= 0.3 is 5.97 Å². The highest BCUT2D eigenvalue weighted by atomic mass is 127. The van der Waals surface area contributed by atoms with Crippen molar-refractivity contribution in [2.24, 2.45) is 0 Å². The quantitative estimate of drug-likeness (QED) is 0.485. The van der Waals surface area contributed by atoms with Crippen LogP contribution in [0.4, 0.5) is 0 Å². The molecule has 14 heavy (non-hydrogen) atoms. The van der Waals surface area contributed by atoms with E-state index in [9.17, 15) is 4.79 Å². The molecule has 1 atom stereocenters. The summed E-state index contributed by atoms with van der Waals surface area (Å²) in [6.07, 6.45) is 0.736. The number of halogens is 1. The minimum atomic E-state index is -0.128. The molecule has 0 radical (unpaired) electrons. The molecule has 0 spiro atoms. The number of ether oxygens (including phenoxy) is 1. The fourth-order valence-electron chi connectivity index (χ4n) is 1.14. The predicted octanol–water partition coefficient (Wildman–Crippen LogP) is 2.60. The third-order valence-corrected chi connectivity index (χ3v) is 2.75. The van der Waals surface area contributed by atoms with Crippen LogP contribution in [0.1, 0.15) is 12.5 Å². The molecule has 0 saturated heterocycles. The third-order valence-electron chi connectivity index (χ3n) is 1.80. The Kier molecular flexibility index (Phi) is 4.93. The van der Waals surface area contributed by atoms with Gasteiger partial charge in [-0.2, -0.15) is 0 Å². The Bertz CT molecular complexity index is 285. The number of esters is 1. The van der Waals surface area contributed by atoms with Crippen molar-refractivity contribution in [1.29, 1.82) is 0 Å². The van der Waals surface area contributed by atoms with Gasteiger partial charge in [-0.15, -0.1) is 0 Å². The van der Waals surface area contributed by atoms with E-state index in [1.807, 2.05) is 37.3 Å². The van der Waals surface area contributed by atoms with Crippen molar-refractivity contribution < 1.29 is 9.53 Å². The number of rotatable bonds is 4. The van der Waals surface area contributed by atoms with Crippen LogP contribution in [0, 0.1) is 0 Å². The third kappa shape index (κ3) is 3.65. The Morgan fingerprint density at radius 3 is 2.64 bits per heavy atom. The molecule has 0 N–H and O–H groups in total. The zero-order valence-electron chi connectivity index (χ0n) is 8.07. The Morgan fingerprint density at radius 2 is 2.07 bits per heavy atom. The van der Waals surface area contributed by atoms with E-state index in [0.29, 0.717) is 6.61 Å². The van der Waals surface area contributed by atoms with Crippen LogP contribution in [0.2, 0.25) is 0 Å². The van der Waals surface area contributed by atoms with Crippen LogP contribution >= 0.6 is 22.6 Å². The summed E-state index contributed by atoms with van der Waals surface area (Å²) in [7, 11) is 0. The van der Waals surface area contributed by atoms with Gasteiger partial charge in [0.2, 0.25) is 0 Å². The van der Waals surface area contributed by atoms with Gasteiger partial charge in [-0.05, 0) is 18.9 Å². The molecule has 76 valence electrons. The molecule has 0 saturated carbocycles. The smallest absolute Gasteiger partial charge is 0.319 e. The normalized spacial score (nSPS) is 12.1. The fourth-order valence-corrected chi connectivity index (χ4v) is 1.83. The monoisotopic (exact) mass is 304 g/mol. The highest BCUT2D eigenvalue weighted by Gasteiger charge is 2.15. The van der Waals surface area contributed by atoms with Gasteiger partial charge in [0.25, 0.3) is 0 Å². The van der Waals surface area contributed by atoms with E-state index < -0.39 is 0 Å². The number of carbonyl (C=O) groups is 1. The summed E-state index contributed by atoms with van der Waals surface area (Å²) >= 11 is 2.12. The van der Waals surface area contributed by atoms with Crippen molar-refractivity contribution in [3.05, 3.63) is 35.9 Å². The predicted molar refractivity (Wildman–Crippen MR) is 64.6 cm³/mol. The van der Waals surface area contributed by atoms with Crippen LogP contribution in [0.3, 0.4) is 0 Å². The second kappa shape index (κ2) is 6.01. The molecule has 1 rings (SSSR count). The van der Waals surface area contributed by atoms with Gasteiger partial charge in [0.1, 0.15) is 3.92 Å². The molecule has 0 aliphatic heterocycles. The van der Waals surface area contributed by atoms with Gasteiger partial charge in [0.05, 0.1) is 6.61 Å². The minimum absolute atomic E-state index is 0.0880. The standard InChI is InChI=1S/C11H13IO2/c1-2-14-11(13)10(12)8-9-6-4-3-5-7-9/h3-7,10H,2,8H2,1H3. The average molecular weight is 304 g/mol. The summed E-state index contributed by atoms with van der Waals surface area (Å²) in [6.45, 7) is 2.27. The molecule has 0 aromatic heterocycles. The highest BCUT2D eigenvalue weighted by molar-refractivity contribution is 14.1. The first-order valence-corrected chi connectivity index (χ1v) is 5.83. The summed E-state index contributed by atoms with van der Waals surface area (Å²) in [5, 5.41) is 0. The summed E-state index contributed by atoms with van der Waals surface area (Å²) < 4.78 is 4.84. The summed E-state index contributed by atoms with van der Waals surface area (Å²) in [6, 6.07) is 9.96. The largest absolute Gasteiger partial charge is 0.465 e. The van der Waals surface area contributed by atoms with Gasteiger partial charge in [-0.3, -0.25) is 4.79 Å². The topological polar surface area (TPSA) is 26.3 Å². The van der Waals surface area contributed by atoms with Crippen LogP contribution in [0.25, 0.3) is 0 Å². The molecule has 1 aromatic carbocycles. The summed E-state index contributed by atoms with van der Waals surface area (Å²) in [5.41, 5.74) is 1.17. The first-order valence-electron chi connectivity index (χ1n) is 4.58. The molecule has 2 nitrogen and oxygen atoms in total. The van der Waals surface area contributed by atoms with E-state index in [2.05, 4.69) is 22.6 Å². The molecule has 1 unspecified atom stereocenters. The molecule has 0 aliphatic rings. The number of hydrogen-bond acceptors (Lipinski definition) is 2. The minimum Gasteiger partial charge on any atom is -0.465 e. The Labute approximate surface area is 97.8 Å². The number of alkyl halides is 1. The Balaban J connectivity index is 2.49. The van der Waals surface area contributed by atoms with Crippen molar-refractivity contribution in [2.45, 2.75) is 17.3 Å². The van der Waals surface area contributed by atoms with Gasteiger partial charge in [0, 0.05) is 0 Å². The maximum Gasteiger partial charge on any atom is 0.319 e. The Morgan fingerprint density at radius 1 is 1.43 bits per heavy atom. The maximum atomic E-state index is 11.3. The number of benzene rings is 1. The van der Waals surface area contributed by atoms with Gasteiger partial charge in [-0.1, -0.05) is 52.9 Å². The van der Waals surface area contributed by atoms with E-state index in [1.165, 1.54) is 5.56 Å². The van der Waals surface area contributed by atoms with Crippen LogP contribution < -0.4 is 0 Å². The van der Waals surface area contributed by atoms with E-state index in [0.717, 1.165) is 6.42 Å². The molecule has 3 heteroatoms. The molecule has 0 heterocycles. The lowest BCUT2D eigenvalue weighted by Gasteiger charge is -2.08. The van der Waals surface area contributed by atoms with E-state index in [1.54, 1.807) is 0 Å². The second-order valence-electron chi connectivity index (χ2n) is 2.91. The lowest BCUT2D eigenvalue weighted by atomic mass is 10.1. The number of carbonyl (C=O) groups excluding carboxylic acids is 1. The molecule has 0 aliphatic carbocycles. The molecular weight excluding hydrogens is 291 g/mol. The van der Waals surface area contributed by atoms with Crippen LogP contribution in [-0.4, -0.2) is 16.5 Å². The van der Waals surface area contributed by atoms with Crippen LogP contribution in [-0.2, 0) is 16.0 Å². The highest BCUT2D eigenvalue weighted by Crippen LogP contribution is 2.11. The second-order valence-corrected chi connectivity index (χ2v) is 4.41. The number of hydrogen-bond donors (Lipinski definition) is 0. The summed E-state index contributed by atoms with van der Waals surface area (Å²) in [4.78, 5) is 11.3. The van der Waals surface area contributed by atoms with Crippen molar-refractivity contribution in [3.8, 4) is 0 Å². The lowest BCUT2D eigenvalue weighted by molar-refractivity contribution is -0.141. The molecule has 0 amide bonds. The van der Waals surface area contributed by atoms with Crippen molar-refractivity contribution in [1.82, 2.24) is 0 Å². The molecule has 0 bridgehead atoms. The first-order chi connectivity index (χ1) is 6.74. The fraction of sp³-hybridized carbons (Fsp3) is 0.364. The SMILES string of the molecule is CCOC(=O)C(I)Cc1ccccc1. The van der Waals surface area contributed by atoms with E-state index >= 15 is 0 Å².